The molecular formula is C14H17F2N3O2. The van der Waals surface area contributed by atoms with Gasteiger partial charge in [-0.3, -0.25) is 14.5 Å². The summed E-state index contributed by atoms with van der Waals surface area (Å²) < 4.78 is 26.9. The van der Waals surface area contributed by atoms with Crippen molar-refractivity contribution >= 4 is 17.5 Å². The Bertz CT molecular complexity index is 531. The van der Waals surface area contributed by atoms with Gasteiger partial charge in [0, 0.05) is 6.54 Å². The standard InChI is InChI=1S/C14H17F2N3O2/c15-10-4-1-5-11(16)13(10)18-12(20)8-19-6-2-3-9(7-19)14(17)21/h1,4-5,9H,2-3,6-8H2,(H2,17,21)(H,18,20)/t9-/m1/s1. The fourth-order valence-electron chi connectivity index (χ4n) is 2.43. The number of carbonyl (C=O) groups is 2. The lowest BCUT2D eigenvalue weighted by Gasteiger charge is -2.30. The molecule has 0 spiro atoms. The smallest absolute Gasteiger partial charge is 0.238 e. The summed E-state index contributed by atoms with van der Waals surface area (Å²) in [5.41, 5.74) is 4.81. The number of rotatable bonds is 4. The highest BCUT2D eigenvalue weighted by atomic mass is 19.1. The molecule has 2 amide bonds. The van der Waals surface area contributed by atoms with Crippen LogP contribution < -0.4 is 11.1 Å². The van der Waals surface area contributed by atoms with E-state index in [2.05, 4.69) is 5.32 Å². The Hall–Kier alpha value is -2.02. The molecule has 3 N–H and O–H groups in total. The number of hydrogen-bond donors (Lipinski definition) is 2. The van der Waals surface area contributed by atoms with Crippen LogP contribution in [-0.2, 0) is 9.59 Å². The molecule has 21 heavy (non-hydrogen) atoms. The Morgan fingerprint density at radius 3 is 2.62 bits per heavy atom. The SMILES string of the molecule is NC(=O)[C@@H]1CCCN(CC(=O)Nc2c(F)cccc2F)C1. The summed E-state index contributed by atoms with van der Waals surface area (Å²) in [6.07, 6.45) is 1.46. The molecule has 1 aliphatic rings. The second kappa shape index (κ2) is 6.62. The van der Waals surface area contributed by atoms with Gasteiger partial charge < -0.3 is 11.1 Å². The van der Waals surface area contributed by atoms with Crippen molar-refractivity contribution in [3.05, 3.63) is 29.8 Å². The van der Waals surface area contributed by atoms with Gasteiger partial charge in [-0.2, -0.15) is 0 Å². The predicted octanol–water partition coefficient (Wildman–Crippen LogP) is 1.10. The second-order valence-corrected chi connectivity index (χ2v) is 5.12. The molecule has 0 aliphatic carbocycles. The normalized spacial score (nSPS) is 19.2. The van der Waals surface area contributed by atoms with E-state index in [1.807, 2.05) is 0 Å². The molecule has 1 aromatic rings. The lowest BCUT2D eigenvalue weighted by atomic mass is 9.97. The minimum atomic E-state index is -0.822. The summed E-state index contributed by atoms with van der Waals surface area (Å²) in [6.45, 7) is 1.01. The number of halogens is 2. The molecule has 114 valence electrons. The molecule has 0 radical (unpaired) electrons. The zero-order chi connectivity index (χ0) is 15.4. The number of nitrogens with one attached hydrogen (secondary N) is 1. The number of likely N-dealkylation sites (tertiary alicyclic amines) is 1. The third-order valence-corrected chi connectivity index (χ3v) is 3.50. The number of piperidine rings is 1. The summed E-state index contributed by atoms with van der Waals surface area (Å²) in [5, 5.41) is 2.22. The quantitative estimate of drug-likeness (QED) is 0.874. The van der Waals surface area contributed by atoms with Crippen molar-refractivity contribution in [2.75, 3.05) is 25.0 Å². The highest BCUT2D eigenvalue weighted by Crippen LogP contribution is 2.19. The summed E-state index contributed by atoms with van der Waals surface area (Å²) >= 11 is 0. The van der Waals surface area contributed by atoms with E-state index >= 15 is 0 Å². The van der Waals surface area contributed by atoms with Gasteiger partial charge >= 0.3 is 0 Å². The third-order valence-electron chi connectivity index (χ3n) is 3.50. The Kier molecular flexibility index (Phi) is 4.85. The molecule has 1 saturated heterocycles. The molecule has 2 rings (SSSR count). The number of amides is 2. The van der Waals surface area contributed by atoms with E-state index in [-0.39, 0.29) is 18.4 Å². The first-order valence-electron chi connectivity index (χ1n) is 6.73. The van der Waals surface area contributed by atoms with E-state index in [1.54, 1.807) is 4.90 Å². The Labute approximate surface area is 121 Å². The van der Waals surface area contributed by atoms with Crippen molar-refractivity contribution in [2.24, 2.45) is 11.7 Å². The number of anilines is 1. The average molecular weight is 297 g/mol. The van der Waals surface area contributed by atoms with Gasteiger partial charge in [-0.1, -0.05) is 6.07 Å². The van der Waals surface area contributed by atoms with E-state index in [1.165, 1.54) is 6.07 Å². The van der Waals surface area contributed by atoms with Gasteiger partial charge in [0.05, 0.1) is 12.5 Å². The fraction of sp³-hybridized carbons (Fsp3) is 0.429. The molecule has 5 nitrogen and oxygen atoms in total. The highest BCUT2D eigenvalue weighted by molar-refractivity contribution is 5.92. The van der Waals surface area contributed by atoms with Crippen LogP contribution in [0.1, 0.15) is 12.8 Å². The van der Waals surface area contributed by atoms with E-state index in [0.29, 0.717) is 19.5 Å². The molecule has 1 heterocycles. The summed E-state index contributed by atoms with van der Waals surface area (Å²) in [6, 6.07) is 3.37. The van der Waals surface area contributed by atoms with E-state index in [9.17, 15) is 18.4 Å². The van der Waals surface area contributed by atoms with Crippen molar-refractivity contribution in [3.63, 3.8) is 0 Å². The molecule has 0 unspecified atom stereocenters. The second-order valence-electron chi connectivity index (χ2n) is 5.12. The predicted molar refractivity (Wildman–Crippen MR) is 73.3 cm³/mol. The Balaban J connectivity index is 1.94. The zero-order valence-corrected chi connectivity index (χ0v) is 11.4. The van der Waals surface area contributed by atoms with Gasteiger partial charge in [0.15, 0.2) is 0 Å². The molecule has 0 bridgehead atoms. The van der Waals surface area contributed by atoms with Crippen LogP contribution >= 0.6 is 0 Å². The van der Waals surface area contributed by atoms with Crippen LogP contribution in [-0.4, -0.2) is 36.3 Å². The van der Waals surface area contributed by atoms with Crippen molar-refractivity contribution in [3.8, 4) is 0 Å². The van der Waals surface area contributed by atoms with Gasteiger partial charge in [0.25, 0.3) is 0 Å². The molecule has 1 aromatic carbocycles. The first kappa shape index (κ1) is 15.4. The Morgan fingerprint density at radius 1 is 1.33 bits per heavy atom. The molecule has 1 fully saturated rings. The van der Waals surface area contributed by atoms with Crippen molar-refractivity contribution in [1.29, 1.82) is 0 Å². The molecular weight excluding hydrogens is 280 g/mol. The monoisotopic (exact) mass is 297 g/mol. The van der Waals surface area contributed by atoms with Gasteiger partial charge in [-0.15, -0.1) is 0 Å². The summed E-state index contributed by atoms with van der Waals surface area (Å²) in [5.74, 6) is -2.84. The van der Waals surface area contributed by atoms with Crippen molar-refractivity contribution in [2.45, 2.75) is 12.8 Å². The lowest BCUT2D eigenvalue weighted by Crippen LogP contribution is -2.44. The van der Waals surface area contributed by atoms with Crippen LogP contribution in [0.2, 0.25) is 0 Å². The van der Waals surface area contributed by atoms with Crippen molar-refractivity contribution < 1.29 is 18.4 Å². The third kappa shape index (κ3) is 3.98. The van der Waals surface area contributed by atoms with E-state index in [4.69, 9.17) is 5.73 Å². The summed E-state index contributed by atoms with van der Waals surface area (Å²) in [7, 11) is 0. The number of primary amides is 1. The summed E-state index contributed by atoms with van der Waals surface area (Å²) in [4.78, 5) is 24.8. The number of hydrogen-bond acceptors (Lipinski definition) is 3. The highest BCUT2D eigenvalue weighted by Gasteiger charge is 2.25. The van der Waals surface area contributed by atoms with Crippen LogP contribution in [0.3, 0.4) is 0 Å². The number of carbonyl (C=O) groups excluding carboxylic acids is 2. The molecule has 0 saturated carbocycles. The number of nitrogens with two attached hydrogens (primary N) is 1. The number of nitrogens with zero attached hydrogens (tertiary/aromatic N) is 1. The zero-order valence-electron chi connectivity index (χ0n) is 11.4. The molecule has 0 aromatic heterocycles. The van der Waals surface area contributed by atoms with E-state index < -0.39 is 23.2 Å². The van der Waals surface area contributed by atoms with Crippen LogP contribution in [0.25, 0.3) is 0 Å². The maximum absolute atomic E-state index is 13.4. The average Bonchev–Trinajstić information content (AvgIpc) is 2.43. The minimum Gasteiger partial charge on any atom is -0.369 e. The first-order valence-corrected chi connectivity index (χ1v) is 6.73. The topological polar surface area (TPSA) is 75.4 Å². The van der Waals surface area contributed by atoms with Crippen LogP contribution in [0.15, 0.2) is 18.2 Å². The Morgan fingerprint density at radius 2 is 2.00 bits per heavy atom. The van der Waals surface area contributed by atoms with Crippen LogP contribution in [0.5, 0.6) is 0 Å². The molecule has 7 heteroatoms. The largest absolute Gasteiger partial charge is 0.369 e. The fourth-order valence-corrected chi connectivity index (χ4v) is 2.43. The number of benzene rings is 1. The maximum Gasteiger partial charge on any atom is 0.238 e. The van der Waals surface area contributed by atoms with Crippen LogP contribution in [0, 0.1) is 17.6 Å². The first-order chi connectivity index (χ1) is 9.97. The molecule has 1 aliphatic heterocycles. The molecule has 1 atom stereocenters. The van der Waals surface area contributed by atoms with Crippen molar-refractivity contribution in [1.82, 2.24) is 4.90 Å². The van der Waals surface area contributed by atoms with Gasteiger partial charge in [-0.25, -0.2) is 8.78 Å². The van der Waals surface area contributed by atoms with Gasteiger partial charge in [0.1, 0.15) is 17.3 Å². The maximum atomic E-state index is 13.4. The number of para-hydroxylation sites is 1. The lowest BCUT2D eigenvalue weighted by molar-refractivity contribution is -0.125. The van der Waals surface area contributed by atoms with E-state index in [0.717, 1.165) is 18.6 Å². The van der Waals surface area contributed by atoms with Gasteiger partial charge in [0.2, 0.25) is 11.8 Å². The van der Waals surface area contributed by atoms with Crippen LogP contribution in [0.4, 0.5) is 14.5 Å². The van der Waals surface area contributed by atoms with Gasteiger partial charge in [-0.05, 0) is 31.5 Å². The minimum absolute atomic E-state index is 0.0302.